The molecule has 0 aromatic carbocycles. The van der Waals surface area contributed by atoms with E-state index in [0.717, 1.165) is 50.1 Å². The lowest BCUT2D eigenvalue weighted by molar-refractivity contribution is 0.218. The van der Waals surface area contributed by atoms with E-state index in [1.165, 1.54) is 0 Å². The van der Waals surface area contributed by atoms with Crippen LogP contribution < -0.4 is 9.64 Å². The zero-order valence-electron chi connectivity index (χ0n) is 12.3. The molecule has 0 bridgehead atoms. The van der Waals surface area contributed by atoms with E-state index in [9.17, 15) is 0 Å². The van der Waals surface area contributed by atoms with E-state index >= 15 is 0 Å². The van der Waals surface area contributed by atoms with Crippen molar-refractivity contribution in [2.24, 2.45) is 0 Å². The number of nitrogens with zero attached hydrogens (tertiary/aromatic N) is 5. The molecule has 7 nitrogen and oxygen atoms in total. The van der Waals surface area contributed by atoms with E-state index in [4.69, 9.17) is 9.26 Å². The number of piperazine rings is 1. The number of hydrogen-bond donors (Lipinski definition) is 0. The van der Waals surface area contributed by atoms with Crippen molar-refractivity contribution in [2.75, 3.05) is 38.2 Å². The quantitative estimate of drug-likeness (QED) is 0.835. The molecule has 21 heavy (non-hydrogen) atoms. The molecule has 2 aromatic heterocycles. The van der Waals surface area contributed by atoms with E-state index < -0.39 is 0 Å². The third-order valence-corrected chi connectivity index (χ3v) is 3.54. The molecule has 0 amide bonds. The average Bonchev–Trinajstić information content (AvgIpc) is 2.93. The zero-order valence-corrected chi connectivity index (χ0v) is 12.3. The number of aromatic nitrogens is 3. The Balaban J connectivity index is 1.57. The monoisotopic (exact) mass is 289 g/mol. The Bertz CT molecular complexity index is 593. The van der Waals surface area contributed by atoms with Crippen LogP contribution in [0.2, 0.25) is 0 Å². The van der Waals surface area contributed by atoms with Crippen molar-refractivity contribution in [1.29, 1.82) is 0 Å². The highest BCUT2D eigenvalue weighted by molar-refractivity contribution is 5.32. The average molecular weight is 289 g/mol. The van der Waals surface area contributed by atoms with Crippen LogP contribution in [-0.2, 0) is 6.54 Å². The van der Waals surface area contributed by atoms with Crippen LogP contribution in [0, 0.1) is 6.92 Å². The predicted octanol–water partition coefficient (Wildman–Crippen LogP) is 1.10. The van der Waals surface area contributed by atoms with Gasteiger partial charge in [0.25, 0.3) is 0 Å². The van der Waals surface area contributed by atoms with Crippen LogP contribution >= 0.6 is 0 Å². The maximum absolute atomic E-state index is 5.26. The van der Waals surface area contributed by atoms with Gasteiger partial charge >= 0.3 is 0 Å². The standard InChI is InChI=1S/C14H19N5O2/c1-11-9-12(21-17-11)10-18-5-7-19(8-6-18)14-15-4-3-13(16-14)20-2/h3-4,9H,5-8,10H2,1-2H3. The van der Waals surface area contributed by atoms with Crippen LogP contribution in [-0.4, -0.2) is 53.3 Å². The lowest BCUT2D eigenvalue weighted by atomic mass is 10.3. The Hall–Kier alpha value is -2.15. The van der Waals surface area contributed by atoms with Crippen LogP contribution in [0.5, 0.6) is 5.88 Å². The second-order valence-electron chi connectivity index (χ2n) is 5.10. The number of hydrogen-bond acceptors (Lipinski definition) is 7. The zero-order chi connectivity index (χ0) is 14.7. The Kier molecular flexibility index (Phi) is 4.01. The van der Waals surface area contributed by atoms with Gasteiger partial charge in [-0.05, 0) is 6.92 Å². The first-order valence-corrected chi connectivity index (χ1v) is 7.01. The van der Waals surface area contributed by atoms with Gasteiger partial charge in [0.15, 0.2) is 5.76 Å². The minimum absolute atomic E-state index is 0.597. The summed E-state index contributed by atoms with van der Waals surface area (Å²) in [5, 5.41) is 3.92. The third-order valence-electron chi connectivity index (χ3n) is 3.54. The first-order chi connectivity index (χ1) is 10.2. The highest BCUT2D eigenvalue weighted by Gasteiger charge is 2.20. The van der Waals surface area contributed by atoms with Gasteiger partial charge < -0.3 is 14.2 Å². The number of anilines is 1. The lowest BCUT2D eigenvalue weighted by Gasteiger charge is -2.34. The number of aryl methyl sites for hydroxylation is 1. The normalized spacial score (nSPS) is 16.2. The first-order valence-electron chi connectivity index (χ1n) is 7.01. The van der Waals surface area contributed by atoms with Gasteiger partial charge in [-0.2, -0.15) is 4.98 Å². The summed E-state index contributed by atoms with van der Waals surface area (Å²) in [5.41, 5.74) is 0.924. The van der Waals surface area contributed by atoms with Gasteiger partial charge in [0.2, 0.25) is 11.8 Å². The molecule has 0 saturated carbocycles. The number of methoxy groups -OCH3 is 1. The molecular formula is C14H19N5O2. The fourth-order valence-corrected chi connectivity index (χ4v) is 2.42. The van der Waals surface area contributed by atoms with E-state index in [1.54, 1.807) is 19.4 Å². The maximum atomic E-state index is 5.26. The van der Waals surface area contributed by atoms with E-state index in [-0.39, 0.29) is 0 Å². The summed E-state index contributed by atoms with van der Waals surface area (Å²) in [4.78, 5) is 13.2. The Morgan fingerprint density at radius 2 is 2.10 bits per heavy atom. The summed E-state index contributed by atoms with van der Waals surface area (Å²) < 4.78 is 10.4. The molecule has 1 aliphatic heterocycles. The molecule has 1 aliphatic rings. The molecule has 0 unspecified atom stereocenters. The van der Waals surface area contributed by atoms with Crippen molar-refractivity contribution in [3.63, 3.8) is 0 Å². The summed E-state index contributed by atoms with van der Waals surface area (Å²) in [6, 6.07) is 3.74. The first kappa shape index (κ1) is 13.8. The maximum Gasteiger partial charge on any atom is 0.228 e. The molecule has 3 rings (SSSR count). The highest BCUT2D eigenvalue weighted by atomic mass is 16.5. The van der Waals surface area contributed by atoms with Gasteiger partial charge in [0, 0.05) is 44.5 Å². The van der Waals surface area contributed by atoms with Crippen molar-refractivity contribution in [1.82, 2.24) is 20.0 Å². The summed E-state index contributed by atoms with van der Waals surface area (Å²) in [7, 11) is 1.61. The summed E-state index contributed by atoms with van der Waals surface area (Å²) >= 11 is 0. The summed E-state index contributed by atoms with van der Waals surface area (Å²) in [6.07, 6.45) is 1.73. The van der Waals surface area contributed by atoms with E-state index in [0.29, 0.717) is 5.88 Å². The topological polar surface area (TPSA) is 67.5 Å². The summed E-state index contributed by atoms with van der Waals surface area (Å²) in [5.74, 6) is 2.24. The number of rotatable bonds is 4. The SMILES string of the molecule is COc1ccnc(N2CCN(Cc3cc(C)no3)CC2)n1. The van der Waals surface area contributed by atoms with Crippen LogP contribution in [0.25, 0.3) is 0 Å². The Morgan fingerprint density at radius 3 is 2.76 bits per heavy atom. The van der Waals surface area contributed by atoms with Crippen molar-refractivity contribution in [3.05, 3.63) is 29.8 Å². The molecule has 0 atom stereocenters. The van der Waals surface area contributed by atoms with Crippen molar-refractivity contribution >= 4 is 5.95 Å². The van der Waals surface area contributed by atoms with E-state index in [2.05, 4.69) is 24.9 Å². The van der Waals surface area contributed by atoms with Gasteiger partial charge in [-0.25, -0.2) is 4.98 Å². The van der Waals surface area contributed by atoms with Gasteiger partial charge in [0.1, 0.15) is 0 Å². The minimum atomic E-state index is 0.597. The van der Waals surface area contributed by atoms with Crippen LogP contribution in [0.4, 0.5) is 5.95 Å². The lowest BCUT2D eigenvalue weighted by Crippen LogP contribution is -2.46. The second kappa shape index (κ2) is 6.09. The fourth-order valence-electron chi connectivity index (χ4n) is 2.42. The highest BCUT2D eigenvalue weighted by Crippen LogP contribution is 2.15. The van der Waals surface area contributed by atoms with Crippen molar-refractivity contribution < 1.29 is 9.26 Å². The van der Waals surface area contributed by atoms with Gasteiger partial charge in [-0.3, -0.25) is 4.90 Å². The predicted molar refractivity (Wildman–Crippen MR) is 77.3 cm³/mol. The third kappa shape index (κ3) is 3.30. The molecule has 0 N–H and O–H groups in total. The van der Waals surface area contributed by atoms with Crippen LogP contribution in [0.3, 0.4) is 0 Å². The molecule has 112 valence electrons. The molecular weight excluding hydrogens is 270 g/mol. The van der Waals surface area contributed by atoms with Crippen LogP contribution in [0.1, 0.15) is 11.5 Å². The van der Waals surface area contributed by atoms with Crippen molar-refractivity contribution in [3.8, 4) is 5.88 Å². The molecule has 1 fully saturated rings. The largest absolute Gasteiger partial charge is 0.481 e. The molecule has 3 heterocycles. The van der Waals surface area contributed by atoms with Crippen LogP contribution in [0.15, 0.2) is 22.9 Å². The smallest absolute Gasteiger partial charge is 0.228 e. The fraction of sp³-hybridized carbons (Fsp3) is 0.500. The van der Waals surface area contributed by atoms with Crippen molar-refractivity contribution in [2.45, 2.75) is 13.5 Å². The van der Waals surface area contributed by atoms with E-state index in [1.807, 2.05) is 13.0 Å². The second-order valence-corrected chi connectivity index (χ2v) is 5.10. The molecule has 1 saturated heterocycles. The molecule has 0 aliphatic carbocycles. The van der Waals surface area contributed by atoms with Gasteiger partial charge in [-0.1, -0.05) is 5.16 Å². The number of ether oxygens (including phenoxy) is 1. The molecule has 7 heteroatoms. The van der Waals surface area contributed by atoms with Gasteiger partial charge in [-0.15, -0.1) is 0 Å². The van der Waals surface area contributed by atoms with Gasteiger partial charge in [0.05, 0.1) is 19.3 Å². The Morgan fingerprint density at radius 1 is 1.29 bits per heavy atom. The summed E-state index contributed by atoms with van der Waals surface area (Å²) in [6.45, 7) is 6.40. The molecule has 2 aromatic rings. The molecule has 0 radical (unpaired) electrons. The Labute approximate surface area is 123 Å². The minimum Gasteiger partial charge on any atom is -0.481 e. The molecule has 0 spiro atoms.